The van der Waals surface area contributed by atoms with Crippen molar-refractivity contribution in [3.63, 3.8) is 0 Å². The highest BCUT2D eigenvalue weighted by atomic mass is 16.5. The monoisotopic (exact) mass is 277 g/mol. The number of nitrogens with zero attached hydrogens (tertiary/aromatic N) is 1. The molecule has 0 spiro atoms. The fraction of sp³-hybridized carbons (Fsp3) is 0.467. The van der Waals surface area contributed by atoms with Gasteiger partial charge < -0.3 is 14.7 Å². The van der Waals surface area contributed by atoms with Gasteiger partial charge in [0.05, 0.1) is 0 Å². The molecule has 0 aliphatic carbocycles. The van der Waals surface area contributed by atoms with Gasteiger partial charge in [0.2, 0.25) is 0 Å². The molecule has 5 nitrogen and oxygen atoms in total. The number of likely N-dealkylation sites (N-methyl/N-ethyl adjacent to an activating group) is 1. The van der Waals surface area contributed by atoms with Crippen LogP contribution in [0.5, 0.6) is 0 Å². The van der Waals surface area contributed by atoms with E-state index in [9.17, 15) is 9.59 Å². The predicted octanol–water partition coefficient (Wildman–Crippen LogP) is 1.98. The summed E-state index contributed by atoms with van der Waals surface area (Å²) in [4.78, 5) is 25.0. The third kappa shape index (κ3) is 2.99. The van der Waals surface area contributed by atoms with Gasteiger partial charge in [-0.15, -0.1) is 0 Å². The first-order valence-corrected chi connectivity index (χ1v) is 6.79. The molecule has 0 bridgehead atoms. The van der Waals surface area contributed by atoms with Gasteiger partial charge in [0.15, 0.2) is 6.10 Å². The van der Waals surface area contributed by atoms with Gasteiger partial charge in [0, 0.05) is 12.2 Å². The summed E-state index contributed by atoms with van der Waals surface area (Å²) in [5, 5.41) is 8.91. The van der Waals surface area contributed by atoms with Crippen LogP contribution in [0.4, 0.5) is 5.69 Å². The Bertz CT molecular complexity index is 514. The molecule has 108 valence electrons. The molecule has 2 rings (SSSR count). The lowest BCUT2D eigenvalue weighted by atomic mass is 10.1. The molecule has 1 aromatic rings. The van der Waals surface area contributed by atoms with Gasteiger partial charge in [-0.3, -0.25) is 4.79 Å². The van der Waals surface area contributed by atoms with Crippen molar-refractivity contribution in [3.05, 3.63) is 29.8 Å². The summed E-state index contributed by atoms with van der Waals surface area (Å²) in [5.74, 6) is -1.17. The normalized spacial score (nSPS) is 21.7. The minimum Gasteiger partial charge on any atom is -0.479 e. The number of rotatable bonds is 4. The molecular weight excluding hydrogens is 258 g/mol. The molecule has 20 heavy (non-hydrogen) atoms. The maximum absolute atomic E-state index is 12.5. The number of carboxylic acids is 1. The first kappa shape index (κ1) is 14.5. The molecule has 1 heterocycles. The largest absolute Gasteiger partial charge is 0.479 e. The highest BCUT2D eigenvalue weighted by Gasteiger charge is 2.36. The van der Waals surface area contributed by atoms with E-state index < -0.39 is 18.2 Å². The maximum atomic E-state index is 12.5. The van der Waals surface area contributed by atoms with Crippen LogP contribution in [0.25, 0.3) is 0 Å². The van der Waals surface area contributed by atoms with E-state index in [2.05, 4.69) is 0 Å². The van der Waals surface area contributed by atoms with Crippen molar-refractivity contribution in [2.75, 3.05) is 11.4 Å². The Morgan fingerprint density at radius 3 is 2.60 bits per heavy atom. The Morgan fingerprint density at radius 1 is 1.35 bits per heavy atom. The summed E-state index contributed by atoms with van der Waals surface area (Å²) in [6, 6.07) is 7.67. The van der Waals surface area contributed by atoms with Gasteiger partial charge in [-0.1, -0.05) is 12.1 Å². The molecule has 1 saturated heterocycles. The van der Waals surface area contributed by atoms with Crippen molar-refractivity contribution >= 4 is 17.6 Å². The van der Waals surface area contributed by atoms with Crippen molar-refractivity contribution in [1.29, 1.82) is 0 Å². The van der Waals surface area contributed by atoms with E-state index in [0.29, 0.717) is 19.4 Å². The third-order valence-corrected chi connectivity index (χ3v) is 3.47. The molecular formula is C15H19NO4. The average molecular weight is 277 g/mol. The average Bonchev–Trinajstić information content (AvgIpc) is 2.89. The zero-order valence-corrected chi connectivity index (χ0v) is 11.7. The number of anilines is 1. The standard InChI is InChI=1S/C15H19NO4/c1-3-16(11-6-4-5-10(2)9-11)14(17)12-7-8-13(20-12)15(18)19/h4-6,9,12-13H,3,7-8H2,1-2H3,(H,18,19)/t12-,13+/m0/s1. The number of carbonyl (C=O) groups is 2. The van der Waals surface area contributed by atoms with Crippen LogP contribution < -0.4 is 4.90 Å². The summed E-state index contributed by atoms with van der Waals surface area (Å²) in [6.07, 6.45) is -0.674. The molecule has 2 atom stereocenters. The maximum Gasteiger partial charge on any atom is 0.332 e. The fourth-order valence-electron chi connectivity index (χ4n) is 2.44. The smallest absolute Gasteiger partial charge is 0.332 e. The Morgan fingerprint density at radius 2 is 2.05 bits per heavy atom. The number of carboxylic acid groups (broad SMARTS) is 1. The van der Waals surface area contributed by atoms with Crippen molar-refractivity contribution in [1.82, 2.24) is 0 Å². The first-order chi connectivity index (χ1) is 9.52. The van der Waals surface area contributed by atoms with Crippen LogP contribution in [0.15, 0.2) is 24.3 Å². The number of hydrogen-bond acceptors (Lipinski definition) is 3. The third-order valence-electron chi connectivity index (χ3n) is 3.47. The zero-order chi connectivity index (χ0) is 14.7. The van der Waals surface area contributed by atoms with Crippen LogP contribution >= 0.6 is 0 Å². The SMILES string of the molecule is CCN(C(=O)[C@@H]1CC[C@H](C(=O)O)O1)c1cccc(C)c1. The Balaban J connectivity index is 2.12. The summed E-state index contributed by atoms with van der Waals surface area (Å²) in [6.45, 7) is 4.39. The fourth-order valence-corrected chi connectivity index (χ4v) is 2.44. The van der Waals surface area contributed by atoms with E-state index in [0.717, 1.165) is 11.3 Å². The molecule has 0 unspecified atom stereocenters. The molecule has 5 heteroatoms. The Kier molecular flexibility index (Phi) is 4.39. The highest BCUT2D eigenvalue weighted by molar-refractivity contribution is 5.97. The molecule has 1 amide bonds. The van der Waals surface area contributed by atoms with Crippen LogP contribution in [0, 0.1) is 6.92 Å². The zero-order valence-electron chi connectivity index (χ0n) is 11.7. The first-order valence-electron chi connectivity index (χ1n) is 6.79. The number of amides is 1. The minimum absolute atomic E-state index is 0.165. The van der Waals surface area contributed by atoms with E-state index in [1.54, 1.807) is 4.90 Å². The molecule has 0 aromatic heterocycles. The molecule has 0 saturated carbocycles. The molecule has 1 aliphatic rings. The van der Waals surface area contributed by atoms with Gasteiger partial charge in [0.1, 0.15) is 6.10 Å². The lowest BCUT2D eigenvalue weighted by molar-refractivity contribution is -0.151. The number of carbonyl (C=O) groups excluding carboxylic acids is 1. The summed E-state index contributed by atoms with van der Waals surface area (Å²) in [5.41, 5.74) is 1.89. The quantitative estimate of drug-likeness (QED) is 0.913. The van der Waals surface area contributed by atoms with Gasteiger partial charge >= 0.3 is 5.97 Å². The van der Waals surface area contributed by atoms with Crippen LogP contribution in [0.2, 0.25) is 0 Å². The lowest BCUT2D eigenvalue weighted by Crippen LogP contribution is -2.39. The number of aliphatic carboxylic acids is 1. The Labute approximate surface area is 118 Å². The second kappa shape index (κ2) is 6.05. The topological polar surface area (TPSA) is 66.8 Å². The van der Waals surface area contributed by atoms with Gasteiger partial charge in [-0.2, -0.15) is 0 Å². The van der Waals surface area contributed by atoms with E-state index >= 15 is 0 Å². The van der Waals surface area contributed by atoms with Crippen LogP contribution in [0.3, 0.4) is 0 Å². The van der Waals surface area contributed by atoms with Crippen LogP contribution in [-0.2, 0) is 14.3 Å². The van der Waals surface area contributed by atoms with E-state index in [-0.39, 0.29) is 5.91 Å². The molecule has 1 fully saturated rings. The molecule has 1 aliphatic heterocycles. The van der Waals surface area contributed by atoms with E-state index in [1.165, 1.54) is 0 Å². The minimum atomic E-state index is -1.00. The van der Waals surface area contributed by atoms with E-state index in [4.69, 9.17) is 9.84 Å². The summed E-state index contributed by atoms with van der Waals surface area (Å²) < 4.78 is 5.33. The molecule has 1 N–H and O–H groups in total. The highest BCUT2D eigenvalue weighted by Crippen LogP contribution is 2.24. The number of hydrogen-bond donors (Lipinski definition) is 1. The predicted molar refractivity (Wildman–Crippen MR) is 74.7 cm³/mol. The van der Waals surface area contributed by atoms with Crippen molar-refractivity contribution in [2.24, 2.45) is 0 Å². The van der Waals surface area contributed by atoms with Crippen molar-refractivity contribution < 1.29 is 19.4 Å². The summed E-state index contributed by atoms with van der Waals surface area (Å²) in [7, 11) is 0. The second-order valence-corrected chi connectivity index (χ2v) is 4.95. The number of ether oxygens (including phenoxy) is 1. The van der Waals surface area contributed by atoms with Crippen LogP contribution in [0.1, 0.15) is 25.3 Å². The molecule has 1 aromatic carbocycles. The molecule has 0 radical (unpaired) electrons. The number of aryl methyl sites for hydroxylation is 1. The van der Waals surface area contributed by atoms with Crippen LogP contribution in [-0.4, -0.2) is 35.7 Å². The van der Waals surface area contributed by atoms with Crippen molar-refractivity contribution in [2.45, 2.75) is 38.9 Å². The van der Waals surface area contributed by atoms with Gasteiger partial charge in [-0.05, 0) is 44.4 Å². The van der Waals surface area contributed by atoms with Crippen molar-refractivity contribution in [3.8, 4) is 0 Å². The van der Waals surface area contributed by atoms with Gasteiger partial charge in [0.25, 0.3) is 5.91 Å². The lowest BCUT2D eigenvalue weighted by Gasteiger charge is -2.24. The van der Waals surface area contributed by atoms with E-state index in [1.807, 2.05) is 38.1 Å². The Hall–Kier alpha value is -1.88. The second-order valence-electron chi connectivity index (χ2n) is 4.95. The summed E-state index contributed by atoms with van der Waals surface area (Å²) >= 11 is 0. The number of benzene rings is 1. The van der Waals surface area contributed by atoms with Gasteiger partial charge in [-0.25, -0.2) is 4.79 Å².